The van der Waals surface area contributed by atoms with Crippen LogP contribution >= 0.6 is 0 Å². The van der Waals surface area contributed by atoms with Crippen LogP contribution in [0.15, 0.2) is 84.9 Å². The Balaban J connectivity index is 1.67. The van der Waals surface area contributed by atoms with Crippen molar-refractivity contribution in [3.63, 3.8) is 0 Å². The SMILES string of the molecule is Cc1ccc2cc(-c3ccc4cc5cc(C)ccc5cc4c3)ccc2c1. The lowest BCUT2D eigenvalue weighted by Crippen LogP contribution is -1.83. The number of hydrogen-bond donors (Lipinski definition) is 0. The predicted molar refractivity (Wildman–Crippen MR) is 114 cm³/mol. The first-order valence-corrected chi connectivity index (χ1v) is 9.11. The molecule has 5 rings (SSSR count). The van der Waals surface area contributed by atoms with E-state index in [1.807, 2.05) is 0 Å². The van der Waals surface area contributed by atoms with Crippen LogP contribution in [0.5, 0.6) is 0 Å². The third-order valence-corrected chi connectivity index (χ3v) is 5.28. The molecule has 0 atom stereocenters. The highest BCUT2D eigenvalue weighted by Gasteiger charge is 2.04. The molecule has 0 radical (unpaired) electrons. The molecule has 5 aromatic rings. The van der Waals surface area contributed by atoms with Gasteiger partial charge in [-0.3, -0.25) is 0 Å². The van der Waals surface area contributed by atoms with Crippen LogP contribution in [-0.2, 0) is 0 Å². The highest BCUT2D eigenvalue weighted by atomic mass is 14.1. The summed E-state index contributed by atoms with van der Waals surface area (Å²) in [6.45, 7) is 4.29. The van der Waals surface area contributed by atoms with E-state index in [9.17, 15) is 0 Å². The summed E-state index contributed by atoms with van der Waals surface area (Å²) in [6, 6.07) is 31.4. The number of rotatable bonds is 1. The fraction of sp³-hybridized carbons (Fsp3) is 0.0769. The zero-order valence-corrected chi connectivity index (χ0v) is 15.1. The Hall–Kier alpha value is -3.12. The van der Waals surface area contributed by atoms with E-state index >= 15 is 0 Å². The molecule has 0 aliphatic heterocycles. The Bertz CT molecular complexity index is 1290. The standard InChI is InChI=1S/C26H20/c1-17-3-5-20-13-21(8-7-19(20)11-17)22-9-10-24-15-25-12-18(2)4-6-23(25)16-26(24)14-22/h3-16H,1-2H3. The van der Waals surface area contributed by atoms with Crippen molar-refractivity contribution in [3.05, 3.63) is 96.1 Å². The summed E-state index contributed by atoms with van der Waals surface area (Å²) in [5.74, 6) is 0. The Morgan fingerprint density at radius 1 is 0.346 bits per heavy atom. The number of benzene rings is 5. The first kappa shape index (κ1) is 15.2. The van der Waals surface area contributed by atoms with Gasteiger partial charge in [-0.2, -0.15) is 0 Å². The van der Waals surface area contributed by atoms with Gasteiger partial charge in [0, 0.05) is 0 Å². The van der Waals surface area contributed by atoms with Crippen LogP contribution in [0.25, 0.3) is 43.4 Å². The molecule has 0 aromatic heterocycles. The van der Waals surface area contributed by atoms with Gasteiger partial charge in [0.25, 0.3) is 0 Å². The van der Waals surface area contributed by atoms with E-state index < -0.39 is 0 Å². The molecule has 0 heterocycles. The van der Waals surface area contributed by atoms with Crippen molar-refractivity contribution in [2.24, 2.45) is 0 Å². The Morgan fingerprint density at radius 2 is 0.731 bits per heavy atom. The fourth-order valence-corrected chi connectivity index (χ4v) is 3.84. The fourth-order valence-electron chi connectivity index (χ4n) is 3.84. The molecule has 124 valence electrons. The predicted octanol–water partition coefficient (Wildman–Crippen LogP) is 7.43. The van der Waals surface area contributed by atoms with E-state index in [1.54, 1.807) is 0 Å². The maximum absolute atomic E-state index is 2.31. The van der Waals surface area contributed by atoms with Gasteiger partial charge in [0.15, 0.2) is 0 Å². The summed E-state index contributed by atoms with van der Waals surface area (Å²) < 4.78 is 0. The van der Waals surface area contributed by atoms with Gasteiger partial charge in [0.05, 0.1) is 0 Å². The van der Waals surface area contributed by atoms with Crippen LogP contribution in [0.4, 0.5) is 0 Å². The minimum atomic E-state index is 1.27. The zero-order chi connectivity index (χ0) is 17.7. The van der Waals surface area contributed by atoms with Gasteiger partial charge in [-0.15, -0.1) is 0 Å². The van der Waals surface area contributed by atoms with Gasteiger partial charge in [-0.05, 0) is 81.6 Å². The molecule has 0 unspecified atom stereocenters. The minimum absolute atomic E-state index is 1.27. The summed E-state index contributed by atoms with van der Waals surface area (Å²) in [5, 5.41) is 7.80. The molecule has 0 heteroatoms. The van der Waals surface area contributed by atoms with Crippen LogP contribution < -0.4 is 0 Å². The molecular formula is C26H20. The summed E-state index contributed by atoms with van der Waals surface area (Å²) in [7, 11) is 0. The molecule has 5 aromatic carbocycles. The van der Waals surface area contributed by atoms with Gasteiger partial charge in [0.1, 0.15) is 0 Å². The van der Waals surface area contributed by atoms with Crippen molar-refractivity contribution >= 4 is 32.3 Å². The number of hydrogen-bond acceptors (Lipinski definition) is 0. The quantitative estimate of drug-likeness (QED) is 0.280. The highest BCUT2D eigenvalue weighted by molar-refractivity contribution is 6.00. The van der Waals surface area contributed by atoms with Crippen LogP contribution in [-0.4, -0.2) is 0 Å². The summed E-state index contributed by atoms with van der Waals surface area (Å²) in [5.41, 5.74) is 5.15. The molecule has 0 amide bonds. The third kappa shape index (κ3) is 2.55. The maximum atomic E-state index is 2.31. The average molecular weight is 332 g/mol. The van der Waals surface area contributed by atoms with Crippen molar-refractivity contribution < 1.29 is 0 Å². The van der Waals surface area contributed by atoms with Crippen LogP contribution in [0, 0.1) is 13.8 Å². The largest absolute Gasteiger partial charge is 0.0587 e. The highest BCUT2D eigenvalue weighted by Crippen LogP contribution is 2.30. The van der Waals surface area contributed by atoms with Crippen molar-refractivity contribution in [1.29, 1.82) is 0 Å². The van der Waals surface area contributed by atoms with Crippen LogP contribution in [0.2, 0.25) is 0 Å². The lowest BCUT2D eigenvalue weighted by atomic mass is 9.96. The molecule has 0 bridgehead atoms. The van der Waals surface area contributed by atoms with Crippen molar-refractivity contribution in [2.45, 2.75) is 13.8 Å². The van der Waals surface area contributed by atoms with Gasteiger partial charge in [-0.1, -0.05) is 71.8 Å². The Labute approximate surface area is 153 Å². The first-order chi connectivity index (χ1) is 12.7. The number of fused-ring (bicyclic) bond motifs is 3. The lowest BCUT2D eigenvalue weighted by molar-refractivity contribution is 1.50. The van der Waals surface area contributed by atoms with Gasteiger partial charge in [0.2, 0.25) is 0 Å². The molecule has 0 fully saturated rings. The molecule has 0 aliphatic rings. The van der Waals surface area contributed by atoms with E-state index in [2.05, 4.69) is 98.8 Å². The van der Waals surface area contributed by atoms with E-state index in [4.69, 9.17) is 0 Å². The topological polar surface area (TPSA) is 0 Å². The monoisotopic (exact) mass is 332 g/mol. The third-order valence-electron chi connectivity index (χ3n) is 5.28. The Morgan fingerprint density at radius 3 is 1.35 bits per heavy atom. The second-order valence-electron chi connectivity index (χ2n) is 7.33. The molecule has 0 spiro atoms. The van der Waals surface area contributed by atoms with Gasteiger partial charge >= 0.3 is 0 Å². The summed E-state index contributed by atoms with van der Waals surface area (Å²) >= 11 is 0. The molecule has 0 nitrogen and oxygen atoms in total. The normalized spacial score (nSPS) is 11.5. The van der Waals surface area contributed by atoms with Gasteiger partial charge in [-0.25, -0.2) is 0 Å². The molecule has 0 saturated heterocycles. The molecule has 26 heavy (non-hydrogen) atoms. The number of aryl methyl sites for hydroxylation is 2. The molecular weight excluding hydrogens is 312 g/mol. The van der Waals surface area contributed by atoms with Crippen LogP contribution in [0.3, 0.4) is 0 Å². The Kier molecular flexibility index (Phi) is 3.33. The smallest absolute Gasteiger partial charge is 0.0171 e. The van der Waals surface area contributed by atoms with Crippen molar-refractivity contribution in [1.82, 2.24) is 0 Å². The minimum Gasteiger partial charge on any atom is -0.0587 e. The molecule has 0 aliphatic carbocycles. The van der Waals surface area contributed by atoms with E-state index in [0.717, 1.165) is 0 Å². The second-order valence-corrected chi connectivity index (χ2v) is 7.33. The average Bonchev–Trinajstić information content (AvgIpc) is 2.65. The maximum Gasteiger partial charge on any atom is -0.0171 e. The van der Waals surface area contributed by atoms with Crippen molar-refractivity contribution in [3.8, 4) is 11.1 Å². The van der Waals surface area contributed by atoms with E-state index in [1.165, 1.54) is 54.6 Å². The van der Waals surface area contributed by atoms with Crippen molar-refractivity contribution in [2.75, 3.05) is 0 Å². The lowest BCUT2D eigenvalue weighted by Gasteiger charge is -2.08. The first-order valence-electron chi connectivity index (χ1n) is 9.11. The van der Waals surface area contributed by atoms with Crippen LogP contribution in [0.1, 0.15) is 11.1 Å². The second kappa shape index (κ2) is 5.71. The van der Waals surface area contributed by atoms with E-state index in [0.29, 0.717) is 0 Å². The molecule has 0 saturated carbocycles. The van der Waals surface area contributed by atoms with Gasteiger partial charge < -0.3 is 0 Å². The summed E-state index contributed by atoms with van der Waals surface area (Å²) in [6.07, 6.45) is 0. The zero-order valence-electron chi connectivity index (χ0n) is 15.1. The molecule has 0 N–H and O–H groups in total. The van der Waals surface area contributed by atoms with E-state index in [-0.39, 0.29) is 0 Å². The summed E-state index contributed by atoms with van der Waals surface area (Å²) in [4.78, 5) is 0.